The summed E-state index contributed by atoms with van der Waals surface area (Å²) < 4.78 is 0.939. The Labute approximate surface area is 126 Å². The molecule has 1 atom stereocenters. The predicted octanol–water partition coefficient (Wildman–Crippen LogP) is 2.64. The lowest BCUT2D eigenvalue weighted by Crippen LogP contribution is -2.33. The lowest BCUT2D eigenvalue weighted by Gasteiger charge is -2.22. The standard InChI is InChI=1S/C15H19BrN2O2/c16-15-11(6-8-18-7-2-3-10(18)9-19)14-12(17-15)4-1-5-13(14)20/h1,4-5,10,17,19-20H,2-3,6-9H2/t10-/m0/s1. The molecule has 0 spiro atoms. The lowest BCUT2D eigenvalue weighted by atomic mass is 10.1. The number of aromatic hydroxyl groups is 1. The Morgan fingerprint density at radius 1 is 1.40 bits per heavy atom. The Bertz CT molecular complexity index is 611. The second-order valence-corrected chi connectivity index (χ2v) is 6.17. The number of benzene rings is 1. The fraction of sp³-hybridized carbons (Fsp3) is 0.467. The SMILES string of the molecule is OC[C@@H]1CCCN1CCc1c(Br)[nH]c2cccc(O)c12. The molecule has 2 aromatic rings. The van der Waals surface area contributed by atoms with Crippen LogP contribution in [0.2, 0.25) is 0 Å². The van der Waals surface area contributed by atoms with Gasteiger partial charge in [0.05, 0.1) is 16.7 Å². The molecule has 0 amide bonds. The first-order valence-electron chi connectivity index (χ1n) is 7.03. The maximum absolute atomic E-state index is 10.1. The number of phenolic OH excluding ortho intramolecular Hbond substituents is 1. The zero-order valence-corrected chi connectivity index (χ0v) is 12.9. The first-order chi connectivity index (χ1) is 9.70. The number of fused-ring (bicyclic) bond motifs is 1. The zero-order chi connectivity index (χ0) is 14.1. The van der Waals surface area contributed by atoms with Gasteiger partial charge in [0.25, 0.3) is 0 Å². The number of nitrogens with one attached hydrogen (secondary N) is 1. The van der Waals surface area contributed by atoms with E-state index in [4.69, 9.17) is 0 Å². The molecule has 1 saturated heterocycles. The van der Waals surface area contributed by atoms with E-state index in [9.17, 15) is 10.2 Å². The third-order valence-corrected chi connectivity index (χ3v) is 4.89. The van der Waals surface area contributed by atoms with Crippen LogP contribution in [0.25, 0.3) is 10.9 Å². The number of aliphatic hydroxyl groups excluding tert-OH is 1. The Hall–Kier alpha value is -1.04. The molecule has 20 heavy (non-hydrogen) atoms. The monoisotopic (exact) mass is 338 g/mol. The number of hydrogen-bond donors (Lipinski definition) is 3. The molecule has 0 aliphatic carbocycles. The van der Waals surface area contributed by atoms with E-state index in [2.05, 4.69) is 25.8 Å². The van der Waals surface area contributed by atoms with Crippen LogP contribution in [0.3, 0.4) is 0 Å². The van der Waals surface area contributed by atoms with Crippen molar-refractivity contribution < 1.29 is 10.2 Å². The molecule has 0 unspecified atom stereocenters. The van der Waals surface area contributed by atoms with Crippen LogP contribution < -0.4 is 0 Å². The smallest absolute Gasteiger partial charge is 0.125 e. The van der Waals surface area contributed by atoms with E-state index in [1.165, 1.54) is 0 Å². The van der Waals surface area contributed by atoms with E-state index in [-0.39, 0.29) is 6.61 Å². The number of likely N-dealkylation sites (tertiary alicyclic amines) is 1. The second kappa shape index (κ2) is 5.76. The summed E-state index contributed by atoms with van der Waals surface area (Å²) in [6.45, 7) is 2.20. The summed E-state index contributed by atoms with van der Waals surface area (Å²) >= 11 is 3.55. The van der Waals surface area contributed by atoms with Crippen molar-refractivity contribution in [3.05, 3.63) is 28.4 Å². The number of nitrogens with zero attached hydrogens (tertiary/aromatic N) is 1. The van der Waals surface area contributed by atoms with E-state index in [1.807, 2.05) is 12.1 Å². The van der Waals surface area contributed by atoms with Gasteiger partial charge in [-0.05, 0) is 59.4 Å². The molecular formula is C15H19BrN2O2. The summed E-state index contributed by atoms with van der Waals surface area (Å²) in [4.78, 5) is 5.60. The molecular weight excluding hydrogens is 320 g/mol. The Balaban J connectivity index is 1.82. The highest BCUT2D eigenvalue weighted by Crippen LogP contribution is 2.33. The van der Waals surface area contributed by atoms with Crippen LogP contribution in [0.5, 0.6) is 5.75 Å². The topological polar surface area (TPSA) is 59.5 Å². The summed E-state index contributed by atoms with van der Waals surface area (Å²) in [6, 6.07) is 5.83. The van der Waals surface area contributed by atoms with Crippen molar-refractivity contribution in [2.24, 2.45) is 0 Å². The summed E-state index contributed by atoms with van der Waals surface area (Å²) in [5, 5.41) is 20.3. The van der Waals surface area contributed by atoms with Crippen molar-refractivity contribution in [1.29, 1.82) is 0 Å². The van der Waals surface area contributed by atoms with Crippen LogP contribution in [-0.2, 0) is 6.42 Å². The van der Waals surface area contributed by atoms with Gasteiger partial charge in [0.15, 0.2) is 0 Å². The van der Waals surface area contributed by atoms with Crippen LogP contribution in [0.4, 0.5) is 0 Å². The molecule has 4 nitrogen and oxygen atoms in total. The minimum Gasteiger partial charge on any atom is -0.507 e. The maximum atomic E-state index is 10.1. The van der Waals surface area contributed by atoms with Crippen molar-refractivity contribution in [3.8, 4) is 5.75 Å². The van der Waals surface area contributed by atoms with E-state index >= 15 is 0 Å². The molecule has 0 saturated carbocycles. The van der Waals surface area contributed by atoms with Gasteiger partial charge in [0.1, 0.15) is 5.75 Å². The van der Waals surface area contributed by atoms with Crippen LogP contribution in [-0.4, -0.2) is 45.8 Å². The normalized spacial score (nSPS) is 20.0. The number of aromatic amines is 1. The molecule has 1 aromatic heterocycles. The van der Waals surface area contributed by atoms with Gasteiger partial charge in [-0.25, -0.2) is 0 Å². The summed E-state index contributed by atoms with van der Waals surface area (Å²) in [5.41, 5.74) is 2.06. The Morgan fingerprint density at radius 3 is 3.05 bits per heavy atom. The minimum atomic E-state index is 0.236. The average Bonchev–Trinajstić information content (AvgIpc) is 3.00. The van der Waals surface area contributed by atoms with Crippen molar-refractivity contribution in [3.63, 3.8) is 0 Å². The third kappa shape index (κ3) is 2.45. The molecule has 5 heteroatoms. The highest BCUT2D eigenvalue weighted by atomic mass is 79.9. The molecule has 1 aromatic carbocycles. The van der Waals surface area contributed by atoms with Gasteiger partial charge in [0.2, 0.25) is 0 Å². The quantitative estimate of drug-likeness (QED) is 0.803. The number of H-pyrrole nitrogens is 1. The molecule has 1 aliphatic heterocycles. The molecule has 3 rings (SSSR count). The molecule has 1 fully saturated rings. The highest BCUT2D eigenvalue weighted by Gasteiger charge is 2.24. The zero-order valence-electron chi connectivity index (χ0n) is 11.3. The number of aliphatic hydroxyl groups is 1. The summed E-state index contributed by atoms with van der Waals surface area (Å²) in [7, 11) is 0. The number of hydrogen-bond acceptors (Lipinski definition) is 3. The van der Waals surface area contributed by atoms with Crippen molar-refractivity contribution in [2.75, 3.05) is 19.7 Å². The van der Waals surface area contributed by atoms with Gasteiger partial charge in [-0.15, -0.1) is 0 Å². The number of rotatable bonds is 4. The van der Waals surface area contributed by atoms with Gasteiger partial charge >= 0.3 is 0 Å². The van der Waals surface area contributed by atoms with Gasteiger partial charge in [-0.1, -0.05) is 6.07 Å². The van der Waals surface area contributed by atoms with Crippen LogP contribution in [0.1, 0.15) is 18.4 Å². The van der Waals surface area contributed by atoms with Crippen LogP contribution >= 0.6 is 15.9 Å². The molecule has 2 heterocycles. The first-order valence-corrected chi connectivity index (χ1v) is 7.83. The Kier molecular flexibility index (Phi) is 4.01. The van der Waals surface area contributed by atoms with E-state index in [0.717, 1.165) is 53.4 Å². The van der Waals surface area contributed by atoms with Crippen molar-refractivity contribution in [1.82, 2.24) is 9.88 Å². The molecule has 1 aliphatic rings. The van der Waals surface area contributed by atoms with Crippen LogP contribution in [0, 0.1) is 0 Å². The first kappa shape index (κ1) is 13.9. The van der Waals surface area contributed by atoms with E-state index in [0.29, 0.717) is 11.8 Å². The van der Waals surface area contributed by atoms with Crippen molar-refractivity contribution >= 4 is 26.8 Å². The van der Waals surface area contributed by atoms with Gasteiger partial charge in [-0.2, -0.15) is 0 Å². The molecule has 108 valence electrons. The molecule has 0 bridgehead atoms. The molecule has 0 radical (unpaired) electrons. The highest BCUT2D eigenvalue weighted by molar-refractivity contribution is 9.10. The number of halogens is 1. The third-order valence-electron chi connectivity index (χ3n) is 4.21. The van der Waals surface area contributed by atoms with E-state index in [1.54, 1.807) is 6.07 Å². The number of phenols is 1. The van der Waals surface area contributed by atoms with Crippen LogP contribution in [0.15, 0.2) is 22.8 Å². The fourth-order valence-corrected chi connectivity index (χ4v) is 3.76. The van der Waals surface area contributed by atoms with Crippen molar-refractivity contribution in [2.45, 2.75) is 25.3 Å². The largest absolute Gasteiger partial charge is 0.507 e. The summed E-state index contributed by atoms with van der Waals surface area (Å²) in [6.07, 6.45) is 3.09. The van der Waals surface area contributed by atoms with Gasteiger partial charge < -0.3 is 15.2 Å². The molecule has 3 N–H and O–H groups in total. The minimum absolute atomic E-state index is 0.236. The predicted molar refractivity (Wildman–Crippen MR) is 83.0 cm³/mol. The second-order valence-electron chi connectivity index (χ2n) is 5.38. The summed E-state index contributed by atoms with van der Waals surface area (Å²) in [5.74, 6) is 0.319. The van der Waals surface area contributed by atoms with E-state index < -0.39 is 0 Å². The lowest BCUT2D eigenvalue weighted by molar-refractivity contribution is 0.160. The average molecular weight is 339 g/mol. The fourth-order valence-electron chi connectivity index (χ4n) is 3.15. The van der Waals surface area contributed by atoms with Gasteiger partial charge in [0, 0.05) is 18.0 Å². The van der Waals surface area contributed by atoms with Gasteiger partial charge in [-0.3, -0.25) is 4.90 Å². The Morgan fingerprint density at radius 2 is 2.25 bits per heavy atom. The number of aromatic nitrogens is 1. The maximum Gasteiger partial charge on any atom is 0.125 e.